The summed E-state index contributed by atoms with van der Waals surface area (Å²) in [6.07, 6.45) is 2.39. The van der Waals surface area contributed by atoms with Crippen LogP contribution < -0.4 is 5.32 Å². The van der Waals surface area contributed by atoms with Gasteiger partial charge in [0.25, 0.3) is 5.91 Å². The Morgan fingerprint density at radius 3 is 2.63 bits per heavy atom. The molecule has 0 fully saturated rings. The molecule has 1 N–H and O–H groups in total. The monoisotopic (exact) mass is 365 g/mol. The fourth-order valence-corrected chi connectivity index (χ4v) is 2.92. The highest BCUT2D eigenvalue weighted by molar-refractivity contribution is 5.89. The van der Waals surface area contributed by atoms with Gasteiger partial charge in [-0.1, -0.05) is 42.5 Å². The molecule has 5 nitrogen and oxygen atoms in total. The molecule has 0 radical (unpaired) electrons. The molecule has 0 bridgehead atoms. The highest BCUT2D eigenvalue weighted by Crippen LogP contribution is 2.26. The Bertz CT molecular complexity index is 944. The molecule has 0 spiro atoms. The molecule has 27 heavy (non-hydrogen) atoms. The Hall–Kier alpha value is -3.08. The third kappa shape index (κ3) is 4.76. The van der Waals surface area contributed by atoms with Crippen molar-refractivity contribution in [3.8, 4) is 0 Å². The van der Waals surface area contributed by atoms with Gasteiger partial charge < -0.3 is 14.5 Å². The van der Waals surface area contributed by atoms with Crippen LogP contribution in [0, 0.1) is 13.8 Å². The predicted molar refractivity (Wildman–Crippen MR) is 104 cm³/mol. The molecule has 140 valence electrons. The largest absolute Gasteiger partial charge is 0.464 e. The van der Waals surface area contributed by atoms with E-state index in [1.165, 1.54) is 0 Å². The summed E-state index contributed by atoms with van der Waals surface area (Å²) in [6, 6.07) is 13.8. The molecule has 0 aliphatic rings. The first kappa shape index (κ1) is 18.7. The highest BCUT2D eigenvalue weighted by Gasteiger charge is 2.14. The van der Waals surface area contributed by atoms with Crippen LogP contribution in [0.2, 0.25) is 0 Å². The first-order valence-corrected chi connectivity index (χ1v) is 8.97. The van der Waals surface area contributed by atoms with E-state index in [1.54, 1.807) is 6.26 Å². The van der Waals surface area contributed by atoms with Crippen molar-refractivity contribution < 1.29 is 18.7 Å². The van der Waals surface area contributed by atoms with Crippen LogP contribution in [0.25, 0.3) is 11.0 Å². The van der Waals surface area contributed by atoms with Crippen LogP contribution in [0.3, 0.4) is 0 Å². The number of fused-ring (bicyclic) bond motifs is 1. The second kappa shape index (κ2) is 8.54. The topological polar surface area (TPSA) is 68.5 Å². The third-order valence-corrected chi connectivity index (χ3v) is 4.62. The van der Waals surface area contributed by atoms with E-state index in [2.05, 4.69) is 5.32 Å². The molecular weight excluding hydrogens is 342 g/mol. The van der Waals surface area contributed by atoms with Crippen LogP contribution >= 0.6 is 0 Å². The Balaban J connectivity index is 1.46. The standard InChI is InChI=1S/C22H23NO4/c1-15-8-9-19-18(13-27-22(19)16(15)2)12-21(25)26-14-20(24)23-11-10-17-6-4-3-5-7-17/h3-9,13H,10-12,14H2,1-2H3,(H,23,24). The van der Waals surface area contributed by atoms with Gasteiger partial charge in [0.1, 0.15) is 5.58 Å². The van der Waals surface area contributed by atoms with Gasteiger partial charge in [0.05, 0.1) is 12.7 Å². The minimum absolute atomic E-state index is 0.0762. The van der Waals surface area contributed by atoms with Crippen LogP contribution in [0.4, 0.5) is 0 Å². The molecule has 0 saturated carbocycles. The van der Waals surface area contributed by atoms with E-state index in [0.29, 0.717) is 6.54 Å². The van der Waals surface area contributed by atoms with Gasteiger partial charge in [0.2, 0.25) is 0 Å². The number of amides is 1. The van der Waals surface area contributed by atoms with E-state index in [0.717, 1.165) is 39.6 Å². The lowest BCUT2D eigenvalue weighted by molar-refractivity contribution is -0.147. The van der Waals surface area contributed by atoms with Crippen LogP contribution in [0.1, 0.15) is 22.3 Å². The normalized spacial score (nSPS) is 10.7. The summed E-state index contributed by atoms with van der Waals surface area (Å²) >= 11 is 0. The van der Waals surface area contributed by atoms with E-state index >= 15 is 0 Å². The molecule has 1 aromatic heterocycles. The Morgan fingerprint density at radius 1 is 1.07 bits per heavy atom. The number of esters is 1. The van der Waals surface area contributed by atoms with Crippen molar-refractivity contribution in [2.75, 3.05) is 13.2 Å². The zero-order chi connectivity index (χ0) is 19.2. The van der Waals surface area contributed by atoms with Crippen LogP contribution in [-0.4, -0.2) is 25.0 Å². The maximum absolute atomic E-state index is 12.1. The summed E-state index contributed by atoms with van der Waals surface area (Å²) < 4.78 is 10.7. The minimum Gasteiger partial charge on any atom is -0.464 e. The van der Waals surface area contributed by atoms with E-state index in [9.17, 15) is 9.59 Å². The highest BCUT2D eigenvalue weighted by atomic mass is 16.5. The van der Waals surface area contributed by atoms with Crippen molar-refractivity contribution in [2.45, 2.75) is 26.7 Å². The summed E-state index contributed by atoms with van der Waals surface area (Å²) in [5, 5.41) is 3.66. The summed E-state index contributed by atoms with van der Waals surface area (Å²) in [5.41, 5.74) is 4.90. The van der Waals surface area contributed by atoms with Gasteiger partial charge >= 0.3 is 5.97 Å². The number of benzene rings is 2. The second-order valence-electron chi connectivity index (χ2n) is 6.57. The van der Waals surface area contributed by atoms with Crippen molar-refractivity contribution in [1.29, 1.82) is 0 Å². The lowest BCUT2D eigenvalue weighted by Gasteiger charge is -2.07. The molecule has 1 heterocycles. The Kier molecular flexibility index (Phi) is 5.91. The molecule has 0 atom stereocenters. The second-order valence-corrected chi connectivity index (χ2v) is 6.57. The van der Waals surface area contributed by atoms with Crippen LogP contribution in [0.5, 0.6) is 0 Å². The van der Waals surface area contributed by atoms with Gasteiger partial charge in [-0.2, -0.15) is 0 Å². The number of furan rings is 1. The number of hydrogen-bond acceptors (Lipinski definition) is 4. The van der Waals surface area contributed by atoms with Gasteiger partial charge in [0, 0.05) is 17.5 Å². The number of carbonyl (C=O) groups is 2. The smallest absolute Gasteiger partial charge is 0.310 e. The number of nitrogens with one attached hydrogen (secondary N) is 1. The first-order chi connectivity index (χ1) is 13.0. The maximum Gasteiger partial charge on any atom is 0.310 e. The fraction of sp³-hybridized carbons (Fsp3) is 0.273. The molecule has 3 rings (SSSR count). The average molecular weight is 365 g/mol. The summed E-state index contributed by atoms with van der Waals surface area (Å²) in [5.74, 6) is -0.753. The lowest BCUT2D eigenvalue weighted by Crippen LogP contribution is -2.30. The maximum atomic E-state index is 12.1. The molecule has 0 aliphatic heterocycles. The van der Waals surface area contributed by atoms with Crippen LogP contribution in [0.15, 0.2) is 53.1 Å². The summed E-state index contributed by atoms with van der Waals surface area (Å²) in [6.45, 7) is 4.23. The molecule has 0 saturated heterocycles. The fourth-order valence-electron chi connectivity index (χ4n) is 2.92. The number of carbonyl (C=O) groups excluding carboxylic acids is 2. The van der Waals surface area contributed by atoms with E-state index in [-0.39, 0.29) is 18.9 Å². The zero-order valence-corrected chi connectivity index (χ0v) is 15.6. The molecule has 1 amide bonds. The summed E-state index contributed by atoms with van der Waals surface area (Å²) in [4.78, 5) is 23.9. The van der Waals surface area contributed by atoms with Crippen molar-refractivity contribution in [2.24, 2.45) is 0 Å². The molecular formula is C22H23NO4. The van der Waals surface area contributed by atoms with Gasteiger partial charge in [-0.3, -0.25) is 9.59 Å². The number of ether oxygens (including phenoxy) is 1. The van der Waals surface area contributed by atoms with Gasteiger partial charge in [0.15, 0.2) is 6.61 Å². The third-order valence-electron chi connectivity index (χ3n) is 4.62. The van der Waals surface area contributed by atoms with E-state index in [1.807, 2.05) is 56.3 Å². The quantitative estimate of drug-likeness (QED) is 0.651. The molecule has 2 aromatic carbocycles. The lowest BCUT2D eigenvalue weighted by atomic mass is 10.0. The minimum atomic E-state index is -0.450. The van der Waals surface area contributed by atoms with Crippen molar-refractivity contribution >= 4 is 22.8 Å². The first-order valence-electron chi connectivity index (χ1n) is 8.97. The van der Waals surface area contributed by atoms with Crippen LogP contribution in [-0.2, 0) is 27.2 Å². The van der Waals surface area contributed by atoms with Gasteiger partial charge in [-0.25, -0.2) is 0 Å². The van der Waals surface area contributed by atoms with Crippen molar-refractivity contribution in [3.63, 3.8) is 0 Å². The zero-order valence-electron chi connectivity index (χ0n) is 15.6. The van der Waals surface area contributed by atoms with E-state index < -0.39 is 5.97 Å². The number of rotatable bonds is 7. The number of hydrogen-bond donors (Lipinski definition) is 1. The van der Waals surface area contributed by atoms with Crippen molar-refractivity contribution in [3.05, 3.63) is 71.0 Å². The molecule has 5 heteroatoms. The Labute approximate surface area is 158 Å². The Morgan fingerprint density at radius 2 is 1.85 bits per heavy atom. The number of aryl methyl sites for hydroxylation is 2. The molecule has 3 aromatic rings. The summed E-state index contributed by atoms with van der Waals surface area (Å²) in [7, 11) is 0. The predicted octanol–water partition coefficient (Wildman–Crippen LogP) is 3.49. The van der Waals surface area contributed by atoms with Crippen molar-refractivity contribution in [1.82, 2.24) is 5.32 Å². The molecule has 0 aliphatic carbocycles. The van der Waals surface area contributed by atoms with Gasteiger partial charge in [-0.05, 0) is 37.0 Å². The average Bonchev–Trinajstić information content (AvgIpc) is 3.07. The molecule has 0 unspecified atom stereocenters. The van der Waals surface area contributed by atoms with Gasteiger partial charge in [-0.15, -0.1) is 0 Å². The van der Waals surface area contributed by atoms with E-state index in [4.69, 9.17) is 9.15 Å². The SMILES string of the molecule is Cc1ccc2c(CC(=O)OCC(=O)NCCc3ccccc3)coc2c1C.